The molecular weight excluding hydrogens is 280 g/mol. The smallest absolute Gasteiger partial charge is 0.258 e. The van der Waals surface area contributed by atoms with Crippen LogP contribution in [0.2, 0.25) is 0 Å². The molecule has 0 bridgehead atoms. The van der Waals surface area contributed by atoms with E-state index in [-0.39, 0.29) is 12.0 Å². The van der Waals surface area contributed by atoms with E-state index in [0.29, 0.717) is 11.9 Å². The molecule has 3 rings (SSSR count). The maximum Gasteiger partial charge on any atom is 0.258 e. The van der Waals surface area contributed by atoms with Gasteiger partial charge in [-0.25, -0.2) is 4.98 Å². The highest BCUT2D eigenvalue weighted by atomic mass is 16.5. The molecule has 1 saturated heterocycles. The highest BCUT2D eigenvalue weighted by molar-refractivity contribution is 5.58. The van der Waals surface area contributed by atoms with Gasteiger partial charge < -0.3 is 14.6 Å². The van der Waals surface area contributed by atoms with Crippen molar-refractivity contribution < 1.29 is 9.26 Å². The lowest BCUT2D eigenvalue weighted by Crippen LogP contribution is -2.29. The summed E-state index contributed by atoms with van der Waals surface area (Å²) in [6.07, 6.45) is 4.01. The Labute approximate surface area is 130 Å². The highest BCUT2D eigenvalue weighted by Crippen LogP contribution is 2.24. The van der Waals surface area contributed by atoms with E-state index in [0.717, 1.165) is 36.7 Å². The van der Waals surface area contributed by atoms with E-state index in [1.165, 1.54) is 0 Å². The molecule has 6 heteroatoms. The minimum absolute atomic E-state index is 0.248. The molecule has 1 aliphatic rings. The molecular formula is C16H22N4O2. The predicted molar refractivity (Wildman–Crippen MR) is 83.7 cm³/mol. The van der Waals surface area contributed by atoms with Gasteiger partial charge in [-0.1, -0.05) is 25.9 Å². The summed E-state index contributed by atoms with van der Waals surface area (Å²) in [5.74, 6) is 2.31. The largest absolute Gasteiger partial charge is 0.376 e. The topological polar surface area (TPSA) is 73.1 Å². The normalized spacial score (nSPS) is 21.5. The molecule has 6 nitrogen and oxygen atoms in total. The molecule has 0 saturated carbocycles. The van der Waals surface area contributed by atoms with E-state index in [2.05, 4.69) is 27.4 Å². The highest BCUT2D eigenvalue weighted by Gasteiger charge is 2.26. The van der Waals surface area contributed by atoms with Gasteiger partial charge in [-0.15, -0.1) is 0 Å². The van der Waals surface area contributed by atoms with Crippen molar-refractivity contribution in [2.75, 3.05) is 11.9 Å². The third kappa shape index (κ3) is 3.11. The molecule has 22 heavy (non-hydrogen) atoms. The van der Waals surface area contributed by atoms with Gasteiger partial charge in [0, 0.05) is 24.3 Å². The predicted octanol–water partition coefficient (Wildman–Crippen LogP) is 3.23. The summed E-state index contributed by atoms with van der Waals surface area (Å²) < 4.78 is 11.0. The molecule has 1 N–H and O–H groups in total. The van der Waals surface area contributed by atoms with Crippen LogP contribution < -0.4 is 5.32 Å². The zero-order valence-electron chi connectivity index (χ0n) is 13.2. The monoisotopic (exact) mass is 302 g/mol. The zero-order chi connectivity index (χ0) is 15.5. The van der Waals surface area contributed by atoms with Gasteiger partial charge in [0.15, 0.2) is 5.82 Å². The number of nitrogens with one attached hydrogen (secondary N) is 1. The first kappa shape index (κ1) is 15.0. The standard InChI is InChI=1S/C16H22N4O2/c1-4-13-12(6-8-21-13)18-14-9-11(5-7-17-14)16-19-15(10(2)3)20-22-16/h5,7,9-10,12-13H,4,6,8H2,1-3H3,(H,17,18)/t12-,13+/m1/s1. The summed E-state index contributed by atoms with van der Waals surface area (Å²) in [4.78, 5) is 8.81. The summed E-state index contributed by atoms with van der Waals surface area (Å²) >= 11 is 0. The Balaban J connectivity index is 1.77. The van der Waals surface area contributed by atoms with Crippen LogP contribution in [0.4, 0.5) is 5.82 Å². The molecule has 118 valence electrons. The van der Waals surface area contributed by atoms with Crippen molar-refractivity contribution in [3.05, 3.63) is 24.2 Å². The lowest BCUT2D eigenvalue weighted by atomic mass is 10.1. The van der Waals surface area contributed by atoms with Crippen molar-refractivity contribution in [2.45, 2.75) is 51.7 Å². The van der Waals surface area contributed by atoms with Crippen LogP contribution >= 0.6 is 0 Å². The molecule has 2 aromatic rings. The molecule has 2 atom stereocenters. The van der Waals surface area contributed by atoms with Crippen molar-refractivity contribution in [2.24, 2.45) is 0 Å². The van der Waals surface area contributed by atoms with Gasteiger partial charge in [-0.05, 0) is 25.0 Å². The number of anilines is 1. The molecule has 0 spiro atoms. The molecule has 1 fully saturated rings. The van der Waals surface area contributed by atoms with Crippen LogP contribution in [0.1, 0.15) is 45.4 Å². The Kier molecular flexibility index (Phi) is 4.38. The second-order valence-corrected chi connectivity index (χ2v) is 5.90. The zero-order valence-corrected chi connectivity index (χ0v) is 13.2. The van der Waals surface area contributed by atoms with Crippen LogP contribution in [0.25, 0.3) is 11.5 Å². The van der Waals surface area contributed by atoms with Crippen LogP contribution in [0.5, 0.6) is 0 Å². The molecule has 2 aromatic heterocycles. The van der Waals surface area contributed by atoms with Gasteiger partial charge >= 0.3 is 0 Å². The third-order valence-electron chi connectivity index (χ3n) is 3.91. The van der Waals surface area contributed by atoms with Crippen LogP contribution in [-0.4, -0.2) is 33.9 Å². The van der Waals surface area contributed by atoms with E-state index in [9.17, 15) is 0 Å². The van der Waals surface area contributed by atoms with Crippen molar-refractivity contribution in [1.82, 2.24) is 15.1 Å². The first-order chi connectivity index (χ1) is 10.7. The average Bonchev–Trinajstić information content (AvgIpc) is 3.16. The summed E-state index contributed by atoms with van der Waals surface area (Å²) in [5.41, 5.74) is 0.879. The summed E-state index contributed by atoms with van der Waals surface area (Å²) in [7, 11) is 0. The van der Waals surface area contributed by atoms with Crippen molar-refractivity contribution in [3.63, 3.8) is 0 Å². The van der Waals surface area contributed by atoms with Crippen LogP contribution in [0.3, 0.4) is 0 Å². The first-order valence-corrected chi connectivity index (χ1v) is 7.85. The lowest BCUT2D eigenvalue weighted by Gasteiger charge is -2.18. The minimum Gasteiger partial charge on any atom is -0.376 e. The average molecular weight is 302 g/mol. The van der Waals surface area contributed by atoms with E-state index in [1.807, 2.05) is 26.0 Å². The lowest BCUT2D eigenvalue weighted by molar-refractivity contribution is 0.104. The summed E-state index contributed by atoms with van der Waals surface area (Å²) in [6.45, 7) is 7.02. The first-order valence-electron chi connectivity index (χ1n) is 7.85. The van der Waals surface area contributed by atoms with Gasteiger partial charge in [-0.2, -0.15) is 4.98 Å². The maximum absolute atomic E-state index is 5.70. The number of aromatic nitrogens is 3. The molecule has 0 amide bonds. The molecule has 0 aromatic carbocycles. The van der Waals surface area contributed by atoms with Gasteiger partial charge in [0.2, 0.25) is 0 Å². The number of nitrogens with zero attached hydrogens (tertiary/aromatic N) is 3. The molecule has 0 radical (unpaired) electrons. The van der Waals surface area contributed by atoms with Gasteiger partial charge in [0.1, 0.15) is 5.82 Å². The van der Waals surface area contributed by atoms with Gasteiger partial charge in [-0.3, -0.25) is 0 Å². The molecule has 1 aliphatic heterocycles. The Bertz CT molecular complexity index is 626. The fraction of sp³-hybridized carbons (Fsp3) is 0.562. The Morgan fingerprint density at radius 1 is 1.41 bits per heavy atom. The van der Waals surface area contributed by atoms with Crippen LogP contribution in [0.15, 0.2) is 22.9 Å². The second kappa shape index (κ2) is 6.44. The maximum atomic E-state index is 5.70. The van der Waals surface area contributed by atoms with E-state index in [1.54, 1.807) is 6.20 Å². The Morgan fingerprint density at radius 2 is 2.27 bits per heavy atom. The van der Waals surface area contributed by atoms with Crippen LogP contribution in [0, 0.1) is 0 Å². The second-order valence-electron chi connectivity index (χ2n) is 5.90. The molecule has 0 aliphatic carbocycles. The van der Waals surface area contributed by atoms with E-state index < -0.39 is 0 Å². The number of ether oxygens (including phenoxy) is 1. The van der Waals surface area contributed by atoms with Crippen LogP contribution in [-0.2, 0) is 4.74 Å². The molecule has 0 unspecified atom stereocenters. The minimum atomic E-state index is 0.248. The Morgan fingerprint density at radius 3 is 3.00 bits per heavy atom. The van der Waals surface area contributed by atoms with Crippen molar-refractivity contribution in [3.8, 4) is 11.5 Å². The van der Waals surface area contributed by atoms with E-state index in [4.69, 9.17) is 9.26 Å². The number of rotatable bonds is 5. The molecule has 3 heterocycles. The van der Waals surface area contributed by atoms with Gasteiger partial charge in [0.05, 0.1) is 12.1 Å². The number of pyridine rings is 1. The van der Waals surface area contributed by atoms with Gasteiger partial charge in [0.25, 0.3) is 5.89 Å². The Hall–Kier alpha value is -1.95. The SMILES string of the molecule is CC[C@@H]1OCC[C@H]1Nc1cc(-c2nc(C(C)C)no2)ccn1. The third-order valence-corrected chi connectivity index (χ3v) is 3.91. The van der Waals surface area contributed by atoms with Crippen molar-refractivity contribution in [1.29, 1.82) is 0 Å². The quantitative estimate of drug-likeness (QED) is 0.914. The van der Waals surface area contributed by atoms with E-state index >= 15 is 0 Å². The summed E-state index contributed by atoms with van der Waals surface area (Å²) in [5, 5.41) is 7.46. The number of hydrogen-bond donors (Lipinski definition) is 1. The van der Waals surface area contributed by atoms with Crippen molar-refractivity contribution >= 4 is 5.82 Å². The fourth-order valence-electron chi connectivity index (χ4n) is 2.63. The number of hydrogen-bond acceptors (Lipinski definition) is 6. The summed E-state index contributed by atoms with van der Waals surface area (Å²) in [6, 6.07) is 4.13. The fourth-order valence-corrected chi connectivity index (χ4v) is 2.63.